The van der Waals surface area contributed by atoms with E-state index < -0.39 is 0 Å². The van der Waals surface area contributed by atoms with Gasteiger partial charge in [0.1, 0.15) is 5.82 Å². The van der Waals surface area contributed by atoms with Crippen LogP contribution in [-0.4, -0.2) is 47.8 Å². The number of aryl methyl sites for hydroxylation is 1. The molecule has 3 aromatic rings. The molecule has 35 heavy (non-hydrogen) atoms. The molecule has 6 heteroatoms. The molecular weight excluding hydrogens is 459 g/mol. The highest BCUT2D eigenvalue weighted by Gasteiger charge is 2.33. The van der Waals surface area contributed by atoms with Gasteiger partial charge in [-0.2, -0.15) is 11.3 Å². The van der Waals surface area contributed by atoms with E-state index in [1.54, 1.807) is 17.0 Å². The van der Waals surface area contributed by atoms with Crippen molar-refractivity contribution in [3.63, 3.8) is 0 Å². The largest absolute Gasteiger partial charge is 0.343 e. The van der Waals surface area contributed by atoms with Gasteiger partial charge in [-0.05, 0) is 66.7 Å². The van der Waals surface area contributed by atoms with Gasteiger partial charge in [-0.25, -0.2) is 4.39 Å². The van der Waals surface area contributed by atoms with Crippen molar-refractivity contribution in [1.82, 2.24) is 9.80 Å². The predicted molar refractivity (Wildman–Crippen MR) is 139 cm³/mol. The van der Waals surface area contributed by atoms with Crippen LogP contribution in [0.25, 0.3) is 0 Å². The Hall–Kier alpha value is -2.99. The number of likely N-dealkylation sites (N-methyl/N-ethyl adjacent to an activating group) is 1. The molecule has 4 nitrogen and oxygen atoms in total. The molecule has 0 radical (unpaired) electrons. The number of hydrogen-bond acceptors (Lipinski definition) is 3. The third kappa shape index (κ3) is 6.57. The molecule has 2 heterocycles. The van der Waals surface area contributed by atoms with Crippen LogP contribution in [0.2, 0.25) is 0 Å². The molecule has 1 aromatic heterocycles. The molecule has 1 saturated heterocycles. The monoisotopic (exact) mass is 492 g/mol. The van der Waals surface area contributed by atoms with E-state index >= 15 is 0 Å². The highest BCUT2D eigenvalue weighted by molar-refractivity contribution is 7.08. The standard InChI is InChI=1S/C29H33FN2O2S/c1-31(29(34)25-16-19-35-21-25)27(20-24-11-5-6-12-26(24)30)23-14-17-32(18-15-23)28(33)13-7-10-22-8-3-2-4-9-22/h2-6,8-9,11-12,16,19,21,23,27H,7,10,13-15,17-18,20H2,1H3. The Morgan fingerprint density at radius 2 is 1.77 bits per heavy atom. The maximum atomic E-state index is 14.5. The molecule has 0 N–H and O–H groups in total. The third-order valence-corrected chi connectivity index (χ3v) is 7.79. The zero-order valence-electron chi connectivity index (χ0n) is 20.2. The van der Waals surface area contributed by atoms with Crippen molar-refractivity contribution in [2.75, 3.05) is 20.1 Å². The number of amides is 2. The SMILES string of the molecule is CN(C(=O)c1ccsc1)C(Cc1ccccc1F)C1CCN(C(=O)CCCc2ccccc2)CC1. The maximum absolute atomic E-state index is 14.5. The second-order valence-corrected chi connectivity index (χ2v) is 10.1. The Morgan fingerprint density at radius 1 is 1.06 bits per heavy atom. The van der Waals surface area contributed by atoms with Crippen LogP contribution in [-0.2, 0) is 17.6 Å². The van der Waals surface area contributed by atoms with E-state index in [1.807, 2.05) is 53.0 Å². The number of halogens is 1. The fourth-order valence-electron chi connectivity index (χ4n) is 5.03. The van der Waals surface area contributed by atoms with E-state index in [0.29, 0.717) is 37.1 Å². The second kappa shape index (κ2) is 12.1. The van der Waals surface area contributed by atoms with E-state index in [9.17, 15) is 14.0 Å². The summed E-state index contributed by atoms with van der Waals surface area (Å²) in [6.45, 7) is 1.37. The number of carbonyl (C=O) groups is 2. The van der Waals surface area contributed by atoms with Gasteiger partial charge in [0.05, 0.1) is 5.56 Å². The van der Waals surface area contributed by atoms with Crippen molar-refractivity contribution in [3.05, 3.63) is 93.9 Å². The molecule has 2 aromatic carbocycles. The van der Waals surface area contributed by atoms with Crippen molar-refractivity contribution >= 4 is 23.2 Å². The Kier molecular flexibility index (Phi) is 8.69. The van der Waals surface area contributed by atoms with Crippen LogP contribution >= 0.6 is 11.3 Å². The Labute approximate surface area is 211 Å². The quantitative estimate of drug-likeness (QED) is 0.377. The Morgan fingerprint density at radius 3 is 2.46 bits per heavy atom. The average molecular weight is 493 g/mol. The zero-order valence-corrected chi connectivity index (χ0v) is 21.1. The van der Waals surface area contributed by atoms with Crippen LogP contribution in [0.5, 0.6) is 0 Å². The summed E-state index contributed by atoms with van der Waals surface area (Å²) >= 11 is 1.50. The number of likely N-dealkylation sites (tertiary alicyclic amines) is 1. The van der Waals surface area contributed by atoms with E-state index in [4.69, 9.17) is 0 Å². The summed E-state index contributed by atoms with van der Waals surface area (Å²) < 4.78 is 14.5. The lowest BCUT2D eigenvalue weighted by atomic mass is 9.84. The first-order valence-electron chi connectivity index (χ1n) is 12.4. The van der Waals surface area contributed by atoms with Crippen LogP contribution < -0.4 is 0 Å². The number of hydrogen-bond donors (Lipinski definition) is 0. The molecule has 0 bridgehead atoms. The predicted octanol–water partition coefficient (Wildman–Crippen LogP) is 5.83. The number of thiophene rings is 1. The van der Waals surface area contributed by atoms with Crippen molar-refractivity contribution in [3.8, 4) is 0 Å². The topological polar surface area (TPSA) is 40.6 Å². The van der Waals surface area contributed by atoms with Crippen LogP contribution in [0.1, 0.15) is 47.2 Å². The van der Waals surface area contributed by atoms with Crippen molar-refractivity contribution in [2.45, 2.75) is 44.6 Å². The molecule has 0 aliphatic carbocycles. The fraction of sp³-hybridized carbons (Fsp3) is 0.379. The molecule has 1 atom stereocenters. The Balaban J connectivity index is 1.37. The Bertz CT molecular complexity index is 1090. The molecule has 1 aliphatic heterocycles. The first kappa shape index (κ1) is 25.1. The summed E-state index contributed by atoms with van der Waals surface area (Å²) in [5, 5.41) is 3.75. The molecular formula is C29H33FN2O2S. The van der Waals surface area contributed by atoms with Crippen LogP contribution in [0, 0.1) is 11.7 Å². The summed E-state index contributed by atoms with van der Waals surface area (Å²) in [5.74, 6) is 0.134. The minimum Gasteiger partial charge on any atom is -0.343 e. The van der Waals surface area contributed by atoms with Crippen LogP contribution in [0.15, 0.2) is 71.4 Å². The van der Waals surface area contributed by atoms with Crippen LogP contribution in [0.4, 0.5) is 4.39 Å². The minimum absolute atomic E-state index is 0.0352. The lowest BCUT2D eigenvalue weighted by molar-refractivity contribution is -0.133. The van der Waals surface area contributed by atoms with Crippen molar-refractivity contribution in [1.29, 1.82) is 0 Å². The summed E-state index contributed by atoms with van der Waals surface area (Å²) in [4.78, 5) is 29.7. The highest BCUT2D eigenvalue weighted by atomic mass is 32.1. The summed E-state index contributed by atoms with van der Waals surface area (Å²) in [6.07, 6.45) is 4.39. The molecule has 1 fully saturated rings. The van der Waals surface area contributed by atoms with E-state index in [0.717, 1.165) is 25.7 Å². The highest BCUT2D eigenvalue weighted by Crippen LogP contribution is 2.28. The molecule has 0 spiro atoms. The molecule has 4 rings (SSSR count). The average Bonchev–Trinajstić information content (AvgIpc) is 3.43. The van der Waals surface area contributed by atoms with Gasteiger partial charge >= 0.3 is 0 Å². The van der Waals surface area contributed by atoms with Crippen molar-refractivity contribution < 1.29 is 14.0 Å². The number of piperidine rings is 1. The second-order valence-electron chi connectivity index (χ2n) is 9.35. The molecule has 1 aliphatic rings. The summed E-state index contributed by atoms with van der Waals surface area (Å²) in [7, 11) is 1.83. The van der Waals surface area contributed by atoms with Gasteiger partial charge in [-0.1, -0.05) is 48.5 Å². The minimum atomic E-state index is -0.236. The van der Waals surface area contributed by atoms with Gasteiger partial charge in [0.25, 0.3) is 5.91 Å². The van der Waals surface area contributed by atoms with Gasteiger partial charge in [-0.15, -0.1) is 0 Å². The molecule has 0 saturated carbocycles. The molecule has 184 valence electrons. The number of carbonyl (C=O) groups excluding carboxylic acids is 2. The molecule has 2 amide bonds. The van der Waals surface area contributed by atoms with Gasteiger partial charge in [0, 0.05) is 38.0 Å². The van der Waals surface area contributed by atoms with Gasteiger partial charge in [0.15, 0.2) is 0 Å². The van der Waals surface area contributed by atoms with E-state index in [-0.39, 0.29) is 29.6 Å². The number of nitrogens with zero attached hydrogens (tertiary/aromatic N) is 2. The zero-order chi connectivity index (χ0) is 24.6. The van der Waals surface area contributed by atoms with Gasteiger partial charge in [0.2, 0.25) is 5.91 Å². The number of rotatable bonds is 9. The first-order valence-corrected chi connectivity index (χ1v) is 13.3. The van der Waals surface area contributed by atoms with Gasteiger partial charge < -0.3 is 9.80 Å². The van der Waals surface area contributed by atoms with Crippen molar-refractivity contribution in [2.24, 2.45) is 5.92 Å². The summed E-state index contributed by atoms with van der Waals surface area (Å²) in [6, 6.07) is 18.8. The lowest BCUT2D eigenvalue weighted by Gasteiger charge is -2.40. The first-order chi connectivity index (χ1) is 17.0. The van der Waals surface area contributed by atoms with E-state index in [2.05, 4.69) is 12.1 Å². The third-order valence-electron chi connectivity index (χ3n) is 7.11. The number of benzene rings is 2. The normalized spacial score (nSPS) is 15.1. The molecule has 1 unspecified atom stereocenters. The fourth-order valence-corrected chi connectivity index (χ4v) is 5.66. The van der Waals surface area contributed by atoms with Crippen LogP contribution in [0.3, 0.4) is 0 Å². The smallest absolute Gasteiger partial charge is 0.254 e. The lowest BCUT2D eigenvalue weighted by Crippen LogP contribution is -2.48. The van der Waals surface area contributed by atoms with Gasteiger partial charge in [-0.3, -0.25) is 9.59 Å². The summed E-state index contributed by atoms with van der Waals surface area (Å²) in [5.41, 5.74) is 2.55. The van der Waals surface area contributed by atoms with E-state index in [1.165, 1.54) is 23.0 Å². The maximum Gasteiger partial charge on any atom is 0.254 e.